The lowest BCUT2D eigenvalue weighted by atomic mass is 9.97. The molecule has 7 heteroatoms. The maximum Gasteiger partial charge on any atom is 0.341 e. The number of carboxylic acid groups (broad SMARTS) is 1. The first-order valence-corrected chi connectivity index (χ1v) is 14.2. The van der Waals surface area contributed by atoms with E-state index in [1.54, 1.807) is 43.4 Å². The van der Waals surface area contributed by atoms with E-state index in [1.165, 1.54) is 9.87 Å². The maximum absolute atomic E-state index is 13.9. The van der Waals surface area contributed by atoms with E-state index in [0.717, 1.165) is 36.0 Å². The molecule has 37 heavy (non-hydrogen) atoms. The molecule has 0 aromatic heterocycles. The first-order valence-electron chi connectivity index (χ1n) is 12.8. The normalized spacial score (nSPS) is 12.6. The summed E-state index contributed by atoms with van der Waals surface area (Å²) in [4.78, 5) is 11.2. The van der Waals surface area contributed by atoms with Crippen molar-refractivity contribution in [3.8, 4) is 16.9 Å². The number of ether oxygens (including phenoxy) is 1. The molecule has 1 atom stereocenters. The Morgan fingerprint density at radius 3 is 2.24 bits per heavy atom. The molecule has 0 heterocycles. The fourth-order valence-electron chi connectivity index (χ4n) is 4.35. The Balaban J connectivity index is 1.95. The molecule has 6 nitrogen and oxygen atoms in total. The predicted molar refractivity (Wildman–Crippen MR) is 147 cm³/mol. The summed E-state index contributed by atoms with van der Waals surface area (Å²) in [6.45, 7) is 5.92. The first kappa shape index (κ1) is 28.4. The summed E-state index contributed by atoms with van der Waals surface area (Å²) >= 11 is 0. The van der Waals surface area contributed by atoms with Gasteiger partial charge in [0.2, 0.25) is 10.0 Å². The number of hydrogen-bond donors (Lipinski definition) is 1. The molecule has 3 aromatic carbocycles. The second-order valence-electron chi connectivity index (χ2n) is 9.60. The van der Waals surface area contributed by atoms with Gasteiger partial charge < -0.3 is 9.84 Å². The largest absolute Gasteiger partial charge is 0.482 e. The van der Waals surface area contributed by atoms with E-state index in [2.05, 4.69) is 32.9 Å². The number of nitrogens with zero attached hydrogens (tertiary/aromatic N) is 1. The van der Waals surface area contributed by atoms with E-state index >= 15 is 0 Å². The highest BCUT2D eigenvalue weighted by Crippen LogP contribution is 2.34. The van der Waals surface area contributed by atoms with Gasteiger partial charge in [-0.25, -0.2) is 13.2 Å². The number of hydrogen-bond acceptors (Lipinski definition) is 4. The van der Waals surface area contributed by atoms with Crippen LogP contribution in [0.3, 0.4) is 0 Å². The third-order valence-electron chi connectivity index (χ3n) is 6.52. The van der Waals surface area contributed by atoms with Crippen molar-refractivity contribution in [2.45, 2.75) is 63.3 Å². The van der Waals surface area contributed by atoms with Crippen molar-refractivity contribution >= 4 is 16.0 Å². The van der Waals surface area contributed by atoms with Gasteiger partial charge in [0.25, 0.3) is 0 Å². The average molecular weight is 524 g/mol. The highest BCUT2D eigenvalue weighted by Gasteiger charge is 2.29. The highest BCUT2D eigenvalue weighted by atomic mass is 32.2. The van der Waals surface area contributed by atoms with Crippen LogP contribution in [-0.4, -0.2) is 37.5 Å². The molecule has 0 spiro atoms. The molecule has 0 aliphatic heterocycles. The average Bonchev–Trinajstić information content (AvgIpc) is 2.90. The second kappa shape index (κ2) is 12.9. The molecule has 0 aliphatic carbocycles. The van der Waals surface area contributed by atoms with E-state index < -0.39 is 28.6 Å². The summed E-state index contributed by atoms with van der Waals surface area (Å²) in [5.41, 5.74) is 3.80. The summed E-state index contributed by atoms with van der Waals surface area (Å²) in [6, 6.07) is 21.9. The summed E-state index contributed by atoms with van der Waals surface area (Å²) < 4.78 is 34.5. The van der Waals surface area contributed by atoms with Gasteiger partial charge in [0, 0.05) is 13.1 Å². The van der Waals surface area contributed by atoms with Crippen LogP contribution in [-0.2, 0) is 14.8 Å². The van der Waals surface area contributed by atoms with Crippen LogP contribution >= 0.6 is 0 Å². The minimum Gasteiger partial charge on any atom is -0.482 e. The smallest absolute Gasteiger partial charge is 0.341 e. The Morgan fingerprint density at radius 2 is 1.57 bits per heavy atom. The topological polar surface area (TPSA) is 83.9 Å². The van der Waals surface area contributed by atoms with Gasteiger partial charge in [-0.15, -0.1) is 0 Å². The van der Waals surface area contributed by atoms with E-state index in [1.807, 2.05) is 24.3 Å². The van der Waals surface area contributed by atoms with Gasteiger partial charge in [0.05, 0.1) is 4.90 Å². The van der Waals surface area contributed by atoms with Crippen molar-refractivity contribution in [3.05, 3.63) is 83.9 Å². The second-order valence-corrected chi connectivity index (χ2v) is 11.6. The number of rotatable bonds is 13. The van der Waals surface area contributed by atoms with Crippen LogP contribution in [0.15, 0.2) is 77.7 Å². The maximum atomic E-state index is 13.9. The SMILES string of the molecule is CCCCCC(c1cccc(OCC(=O)O)c1)N(C)S(=O)(=O)c1cccc(-c2cccc(C(C)C)c2)c1. The first-order chi connectivity index (χ1) is 17.6. The van der Waals surface area contributed by atoms with E-state index in [0.29, 0.717) is 18.1 Å². The minimum atomic E-state index is -3.82. The van der Waals surface area contributed by atoms with E-state index in [9.17, 15) is 13.2 Å². The van der Waals surface area contributed by atoms with Crippen LogP contribution in [0.5, 0.6) is 5.75 Å². The fraction of sp³-hybridized carbons (Fsp3) is 0.367. The van der Waals surface area contributed by atoms with Gasteiger partial charge in [0.1, 0.15) is 5.75 Å². The zero-order valence-corrected chi connectivity index (χ0v) is 22.9. The van der Waals surface area contributed by atoms with Crippen molar-refractivity contribution in [2.24, 2.45) is 0 Å². The lowest BCUT2D eigenvalue weighted by molar-refractivity contribution is -0.139. The zero-order valence-electron chi connectivity index (χ0n) is 22.1. The molecule has 3 aromatic rings. The van der Waals surface area contributed by atoms with Crippen LogP contribution in [0.25, 0.3) is 11.1 Å². The summed E-state index contributed by atoms with van der Waals surface area (Å²) in [5.74, 6) is -0.293. The van der Waals surface area contributed by atoms with Crippen LogP contribution in [0.1, 0.15) is 69.5 Å². The summed E-state index contributed by atoms with van der Waals surface area (Å²) in [6.07, 6.45) is 3.51. The number of carbonyl (C=O) groups is 1. The molecule has 198 valence electrons. The van der Waals surface area contributed by atoms with Crippen molar-refractivity contribution in [3.63, 3.8) is 0 Å². The molecular weight excluding hydrogens is 486 g/mol. The van der Waals surface area contributed by atoms with E-state index in [-0.39, 0.29) is 4.90 Å². The Bertz CT molecular complexity index is 1300. The highest BCUT2D eigenvalue weighted by molar-refractivity contribution is 7.89. The molecule has 0 fully saturated rings. The van der Waals surface area contributed by atoms with Crippen molar-refractivity contribution in [2.75, 3.05) is 13.7 Å². The molecule has 0 aliphatic rings. The van der Waals surface area contributed by atoms with Gasteiger partial charge in [-0.1, -0.05) is 88.6 Å². The molecule has 3 rings (SSSR count). The minimum absolute atomic E-state index is 0.237. The number of sulfonamides is 1. The Morgan fingerprint density at radius 1 is 0.919 bits per heavy atom. The molecule has 0 saturated heterocycles. The van der Waals surface area contributed by atoms with Gasteiger partial charge in [-0.2, -0.15) is 4.31 Å². The fourth-order valence-corrected chi connectivity index (χ4v) is 5.77. The molecule has 0 bridgehead atoms. The Hall–Kier alpha value is -3.16. The van der Waals surface area contributed by atoms with Crippen LogP contribution in [0.2, 0.25) is 0 Å². The van der Waals surface area contributed by atoms with Gasteiger partial charge in [-0.3, -0.25) is 0 Å². The Kier molecular flexibility index (Phi) is 9.89. The van der Waals surface area contributed by atoms with Crippen molar-refractivity contribution in [1.82, 2.24) is 4.31 Å². The van der Waals surface area contributed by atoms with E-state index in [4.69, 9.17) is 9.84 Å². The van der Waals surface area contributed by atoms with Crippen LogP contribution < -0.4 is 4.74 Å². The molecule has 0 radical (unpaired) electrons. The summed E-state index contributed by atoms with van der Waals surface area (Å²) in [5, 5.41) is 8.95. The molecule has 1 N–H and O–H groups in total. The molecule has 1 unspecified atom stereocenters. The predicted octanol–water partition coefficient (Wildman–Crippen LogP) is 6.88. The van der Waals surface area contributed by atoms with Crippen LogP contribution in [0.4, 0.5) is 0 Å². The number of aliphatic carboxylic acids is 1. The molecular formula is C30H37NO5S. The van der Waals surface area contributed by atoms with Crippen molar-refractivity contribution < 1.29 is 23.1 Å². The van der Waals surface area contributed by atoms with Gasteiger partial charge in [0.15, 0.2) is 6.61 Å². The van der Waals surface area contributed by atoms with Gasteiger partial charge >= 0.3 is 5.97 Å². The third-order valence-corrected chi connectivity index (χ3v) is 8.39. The number of carboxylic acids is 1. The quantitative estimate of drug-likeness (QED) is 0.247. The molecule has 0 amide bonds. The monoisotopic (exact) mass is 523 g/mol. The lowest BCUT2D eigenvalue weighted by Crippen LogP contribution is -2.31. The third kappa shape index (κ3) is 7.43. The summed E-state index contributed by atoms with van der Waals surface area (Å²) in [7, 11) is -2.21. The standard InChI is InChI=1S/C30H37NO5S/c1-5-6-7-17-29(26-14-9-15-27(19-26)36-21-30(32)33)31(4)37(34,35)28-16-10-13-25(20-28)24-12-8-11-23(18-24)22(2)3/h8-16,18-20,22,29H,5-7,17,21H2,1-4H3,(H,32,33). The molecule has 0 saturated carbocycles. The van der Waals surface area contributed by atoms with Crippen molar-refractivity contribution in [1.29, 1.82) is 0 Å². The van der Waals surface area contributed by atoms with Crippen LogP contribution in [0, 0.1) is 0 Å². The number of unbranched alkanes of at least 4 members (excludes halogenated alkanes) is 2. The number of benzene rings is 3. The Labute approximate surface area is 221 Å². The zero-order chi connectivity index (χ0) is 27.0. The van der Waals surface area contributed by atoms with Gasteiger partial charge in [-0.05, 0) is 58.9 Å². The lowest BCUT2D eigenvalue weighted by Gasteiger charge is -2.28.